The van der Waals surface area contributed by atoms with Crippen molar-refractivity contribution in [3.8, 4) is 5.75 Å². The highest BCUT2D eigenvalue weighted by Crippen LogP contribution is 2.25. The Morgan fingerprint density at radius 1 is 1.03 bits per heavy atom. The second-order valence-corrected chi connectivity index (χ2v) is 8.58. The maximum Gasteiger partial charge on any atom is 0.260 e. The summed E-state index contributed by atoms with van der Waals surface area (Å²) in [6, 6.07) is 11.0. The van der Waals surface area contributed by atoms with Crippen molar-refractivity contribution in [3.05, 3.63) is 47.1 Å². The number of rotatable bonds is 8. The number of aryl methyl sites for hydroxylation is 1. The van der Waals surface area contributed by atoms with Gasteiger partial charge in [-0.3, -0.25) is 4.79 Å². The van der Waals surface area contributed by atoms with Gasteiger partial charge in [-0.05, 0) is 49.2 Å². The SMILES string of the molecule is CCCCCc1ccc2nc(N)nc(N3CCN(C(=O)COc4ccc(Cl)cc4)CC3)c2n1. The number of hydrogen-bond acceptors (Lipinski definition) is 7. The van der Waals surface area contributed by atoms with E-state index in [9.17, 15) is 4.79 Å². The Bertz CT molecular complexity index is 1100. The summed E-state index contributed by atoms with van der Waals surface area (Å²) in [4.78, 5) is 30.3. The summed E-state index contributed by atoms with van der Waals surface area (Å²) in [7, 11) is 0. The molecule has 4 rings (SSSR count). The van der Waals surface area contributed by atoms with Crippen LogP contribution in [0.2, 0.25) is 5.02 Å². The first-order chi connectivity index (χ1) is 16.0. The number of amides is 1. The van der Waals surface area contributed by atoms with Crippen LogP contribution in [0.3, 0.4) is 0 Å². The predicted molar refractivity (Wildman–Crippen MR) is 131 cm³/mol. The lowest BCUT2D eigenvalue weighted by molar-refractivity contribution is -0.133. The number of hydrogen-bond donors (Lipinski definition) is 1. The van der Waals surface area contributed by atoms with Crippen LogP contribution in [0.25, 0.3) is 11.0 Å². The lowest BCUT2D eigenvalue weighted by Gasteiger charge is -2.35. The molecule has 33 heavy (non-hydrogen) atoms. The van der Waals surface area contributed by atoms with E-state index in [0.717, 1.165) is 35.4 Å². The molecule has 2 aromatic heterocycles. The van der Waals surface area contributed by atoms with Crippen LogP contribution in [0.15, 0.2) is 36.4 Å². The van der Waals surface area contributed by atoms with Crippen LogP contribution in [0, 0.1) is 0 Å². The minimum absolute atomic E-state index is 0.00626. The van der Waals surface area contributed by atoms with Gasteiger partial charge >= 0.3 is 0 Å². The van der Waals surface area contributed by atoms with Gasteiger partial charge in [-0.25, -0.2) is 9.97 Å². The summed E-state index contributed by atoms with van der Waals surface area (Å²) < 4.78 is 5.60. The van der Waals surface area contributed by atoms with E-state index in [1.807, 2.05) is 17.0 Å². The van der Waals surface area contributed by atoms with Crippen molar-refractivity contribution in [1.82, 2.24) is 19.9 Å². The number of nitrogens with zero attached hydrogens (tertiary/aromatic N) is 5. The molecule has 3 heterocycles. The van der Waals surface area contributed by atoms with E-state index < -0.39 is 0 Å². The predicted octanol–water partition coefficient (Wildman–Crippen LogP) is 3.72. The molecule has 0 spiro atoms. The zero-order valence-corrected chi connectivity index (χ0v) is 19.6. The summed E-state index contributed by atoms with van der Waals surface area (Å²) in [5.41, 5.74) is 8.53. The molecule has 174 valence electrons. The van der Waals surface area contributed by atoms with Gasteiger partial charge in [0.25, 0.3) is 5.91 Å². The number of fused-ring (bicyclic) bond motifs is 1. The number of piperazine rings is 1. The molecule has 1 aliphatic rings. The van der Waals surface area contributed by atoms with Gasteiger partial charge in [-0.15, -0.1) is 0 Å². The van der Waals surface area contributed by atoms with Crippen LogP contribution in [-0.4, -0.2) is 58.5 Å². The summed E-state index contributed by atoms with van der Waals surface area (Å²) in [5.74, 6) is 1.54. The number of aromatic nitrogens is 3. The van der Waals surface area contributed by atoms with E-state index in [4.69, 9.17) is 27.1 Å². The number of carbonyl (C=O) groups is 1. The molecule has 1 aliphatic heterocycles. The number of nitrogen functional groups attached to an aromatic ring is 1. The minimum Gasteiger partial charge on any atom is -0.484 e. The highest BCUT2D eigenvalue weighted by atomic mass is 35.5. The van der Waals surface area contributed by atoms with Gasteiger partial charge < -0.3 is 20.3 Å². The van der Waals surface area contributed by atoms with E-state index >= 15 is 0 Å². The van der Waals surface area contributed by atoms with Crippen LogP contribution in [0.1, 0.15) is 31.9 Å². The average Bonchev–Trinajstić information content (AvgIpc) is 2.83. The third kappa shape index (κ3) is 5.82. The first-order valence-electron chi connectivity index (χ1n) is 11.4. The minimum atomic E-state index is -0.0482. The van der Waals surface area contributed by atoms with Gasteiger partial charge in [0.2, 0.25) is 5.95 Å². The second-order valence-electron chi connectivity index (χ2n) is 8.14. The van der Waals surface area contributed by atoms with Crippen molar-refractivity contribution in [2.45, 2.75) is 32.6 Å². The number of nitrogens with two attached hydrogens (primary N) is 1. The number of halogens is 1. The molecule has 9 heteroatoms. The molecule has 3 aromatic rings. The Balaban J connectivity index is 1.40. The average molecular weight is 469 g/mol. The van der Waals surface area contributed by atoms with Crippen molar-refractivity contribution in [1.29, 1.82) is 0 Å². The number of pyridine rings is 1. The van der Waals surface area contributed by atoms with Gasteiger partial charge in [-0.1, -0.05) is 31.4 Å². The van der Waals surface area contributed by atoms with Crippen LogP contribution >= 0.6 is 11.6 Å². The Kier molecular flexibility index (Phi) is 7.44. The van der Waals surface area contributed by atoms with Crippen LogP contribution in [0.5, 0.6) is 5.75 Å². The molecule has 1 saturated heterocycles. The monoisotopic (exact) mass is 468 g/mol. The van der Waals surface area contributed by atoms with Crippen molar-refractivity contribution in [3.63, 3.8) is 0 Å². The van der Waals surface area contributed by atoms with Gasteiger partial charge in [0, 0.05) is 36.9 Å². The maximum absolute atomic E-state index is 12.6. The number of benzene rings is 1. The Morgan fingerprint density at radius 2 is 1.79 bits per heavy atom. The molecular weight excluding hydrogens is 440 g/mol. The van der Waals surface area contributed by atoms with Crippen molar-refractivity contribution in [2.24, 2.45) is 0 Å². The van der Waals surface area contributed by atoms with Crippen LogP contribution < -0.4 is 15.4 Å². The van der Waals surface area contributed by atoms with Crippen molar-refractivity contribution >= 4 is 40.3 Å². The lowest BCUT2D eigenvalue weighted by atomic mass is 10.1. The summed E-state index contributed by atoms with van der Waals surface area (Å²) in [5, 5.41) is 0.630. The van der Waals surface area contributed by atoms with Gasteiger partial charge in [0.1, 0.15) is 11.3 Å². The highest BCUT2D eigenvalue weighted by molar-refractivity contribution is 6.30. The van der Waals surface area contributed by atoms with Crippen LogP contribution in [-0.2, 0) is 11.2 Å². The zero-order chi connectivity index (χ0) is 23.2. The zero-order valence-electron chi connectivity index (χ0n) is 18.8. The molecule has 8 nitrogen and oxygen atoms in total. The van der Waals surface area contributed by atoms with E-state index in [-0.39, 0.29) is 18.5 Å². The van der Waals surface area contributed by atoms with Crippen molar-refractivity contribution < 1.29 is 9.53 Å². The Hall–Kier alpha value is -3.13. The normalized spacial score (nSPS) is 14.0. The molecule has 0 atom stereocenters. The lowest BCUT2D eigenvalue weighted by Crippen LogP contribution is -2.50. The molecule has 0 saturated carbocycles. The van der Waals surface area contributed by atoms with Gasteiger partial charge in [0.15, 0.2) is 12.4 Å². The van der Waals surface area contributed by atoms with E-state index in [1.165, 1.54) is 12.8 Å². The smallest absolute Gasteiger partial charge is 0.260 e. The quantitative estimate of drug-likeness (QED) is 0.503. The second kappa shape index (κ2) is 10.7. The van der Waals surface area contributed by atoms with Gasteiger partial charge in [-0.2, -0.15) is 4.98 Å². The molecule has 2 N–H and O–H groups in total. The molecule has 0 aliphatic carbocycles. The molecular formula is C24H29ClN6O2. The van der Waals surface area contributed by atoms with E-state index in [0.29, 0.717) is 37.0 Å². The maximum atomic E-state index is 12.6. The fourth-order valence-corrected chi connectivity index (χ4v) is 4.03. The van der Waals surface area contributed by atoms with Crippen molar-refractivity contribution in [2.75, 3.05) is 43.4 Å². The summed E-state index contributed by atoms with van der Waals surface area (Å²) in [6.45, 7) is 4.61. The molecule has 1 amide bonds. The fourth-order valence-electron chi connectivity index (χ4n) is 3.91. The number of anilines is 2. The first kappa shape index (κ1) is 23.0. The van der Waals surface area contributed by atoms with E-state index in [1.54, 1.807) is 24.3 Å². The number of ether oxygens (including phenoxy) is 1. The summed E-state index contributed by atoms with van der Waals surface area (Å²) >= 11 is 5.89. The van der Waals surface area contributed by atoms with E-state index in [2.05, 4.69) is 21.8 Å². The molecule has 0 bridgehead atoms. The number of carbonyl (C=O) groups excluding carboxylic acids is 1. The Labute approximate surface area is 198 Å². The standard InChI is InChI=1S/C24H29ClN6O2/c1-2-3-4-5-18-8-11-20-22(27-18)23(29-24(26)28-20)31-14-12-30(13-15-31)21(32)16-33-19-9-6-17(25)7-10-19/h6-11H,2-5,12-16H2,1H3,(H2,26,28,29). The molecule has 0 unspecified atom stereocenters. The largest absolute Gasteiger partial charge is 0.484 e. The Morgan fingerprint density at radius 3 is 2.52 bits per heavy atom. The topological polar surface area (TPSA) is 97.5 Å². The van der Waals surface area contributed by atoms with Crippen LogP contribution in [0.4, 0.5) is 11.8 Å². The third-order valence-corrected chi connectivity index (χ3v) is 6.00. The van der Waals surface area contributed by atoms with Gasteiger partial charge in [0.05, 0.1) is 5.52 Å². The molecule has 0 radical (unpaired) electrons. The number of unbranched alkanes of at least 4 members (excludes halogenated alkanes) is 2. The highest BCUT2D eigenvalue weighted by Gasteiger charge is 2.24. The first-order valence-corrected chi connectivity index (χ1v) is 11.8. The summed E-state index contributed by atoms with van der Waals surface area (Å²) in [6.07, 6.45) is 4.40. The third-order valence-electron chi connectivity index (χ3n) is 5.74. The molecule has 1 aromatic carbocycles. The fraction of sp³-hybridized carbons (Fsp3) is 0.417. The molecule has 1 fully saturated rings.